The van der Waals surface area contributed by atoms with Gasteiger partial charge in [-0.05, 0) is 25.0 Å². The van der Waals surface area contributed by atoms with Gasteiger partial charge in [0.2, 0.25) is 0 Å². The highest BCUT2D eigenvalue weighted by Gasteiger charge is 2.19. The fraction of sp³-hybridized carbons (Fsp3) is 0.417. The summed E-state index contributed by atoms with van der Waals surface area (Å²) >= 11 is 5.97. The molecular weight excluding hydrogens is 228 g/mol. The molecule has 1 atom stereocenters. The molecular formula is C12H15ClO3. The maximum Gasteiger partial charge on any atom is 0.309 e. The van der Waals surface area contributed by atoms with Crippen LogP contribution in [0.5, 0.6) is 0 Å². The normalized spacial score (nSPS) is 12.4. The fourth-order valence-electron chi connectivity index (χ4n) is 1.41. The molecule has 0 bridgehead atoms. The third-order valence-corrected chi connectivity index (χ3v) is 2.67. The number of benzene rings is 1. The maximum absolute atomic E-state index is 11.0. The van der Waals surface area contributed by atoms with Crippen LogP contribution in [0.4, 0.5) is 0 Å². The van der Waals surface area contributed by atoms with E-state index in [-0.39, 0.29) is 6.61 Å². The van der Waals surface area contributed by atoms with Gasteiger partial charge in [0.05, 0.1) is 12.5 Å². The van der Waals surface area contributed by atoms with Crippen molar-refractivity contribution >= 4 is 17.6 Å². The Morgan fingerprint density at radius 2 is 2.19 bits per heavy atom. The Bertz CT molecular complexity index is 352. The van der Waals surface area contributed by atoms with Crippen molar-refractivity contribution in [2.24, 2.45) is 5.92 Å². The van der Waals surface area contributed by atoms with Crippen LogP contribution in [0.2, 0.25) is 5.02 Å². The summed E-state index contributed by atoms with van der Waals surface area (Å²) in [5, 5.41) is 9.63. The second kappa shape index (κ2) is 6.51. The summed E-state index contributed by atoms with van der Waals surface area (Å²) in [6.07, 6.45) is 0.398. The Balaban J connectivity index is 2.68. The van der Waals surface area contributed by atoms with E-state index in [1.54, 1.807) is 6.07 Å². The first-order valence-corrected chi connectivity index (χ1v) is 5.57. The van der Waals surface area contributed by atoms with Gasteiger partial charge in [0.15, 0.2) is 0 Å². The minimum Gasteiger partial charge on any atom is -0.481 e. The molecule has 88 valence electrons. The minimum atomic E-state index is -0.853. The number of hydrogen-bond donors (Lipinski definition) is 1. The molecule has 0 heterocycles. The first-order chi connectivity index (χ1) is 7.65. The van der Waals surface area contributed by atoms with Crippen LogP contribution in [0.1, 0.15) is 12.5 Å². The van der Waals surface area contributed by atoms with Crippen LogP contribution in [0.3, 0.4) is 0 Å². The Morgan fingerprint density at radius 3 is 2.75 bits per heavy atom. The lowest BCUT2D eigenvalue weighted by Crippen LogP contribution is -2.22. The van der Waals surface area contributed by atoms with E-state index in [4.69, 9.17) is 21.4 Å². The van der Waals surface area contributed by atoms with E-state index in [0.717, 1.165) is 5.56 Å². The van der Waals surface area contributed by atoms with Crippen molar-refractivity contribution in [2.75, 3.05) is 13.2 Å². The molecule has 1 aromatic carbocycles. The lowest BCUT2D eigenvalue weighted by molar-refractivity contribution is -0.143. The standard InChI is InChI=1S/C12H15ClO3/c1-2-16-8-10(12(14)15)7-9-5-3-4-6-11(9)13/h3-6,10H,2,7-8H2,1H3,(H,14,15). The molecule has 0 aromatic heterocycles. The van der Waals surface area contributed by atoms with Gasteiger partial charge in [-0.3, -0.25) is 4.79 Å². The second-order valence-electron chi connectivity index (χ2n) is 3.49. The summed E-state index contributed by atoms with van der Waals surface area (Å²) < 4.78 is 5.15. The Morgan fingerprint density at radius 1 is 1.50 bits per heavy atom. The molecule has 0 saturated carbocycles. The van der Waals surface area contributed by atoms with Crippen molar-refractivity contribution in [3.8, 4) is 0 Å². The highest BCUT2D eigenvalue weighted by atomic mass is 35.5. The SMILES string of the molecule is CCOCC(Cc1ccccc1Cl)C(=O)O. The zero-order valence-corrected chi connectivity index (χ0v) is 9.91. The molecule has 16 heavy (non-hydrogen) atoms. The van der Waals surface area contributed by atoms with Gasteiger partial charge >= 0.3 is 5.97 Å². The van der Waals surface area contributed by atoms with Gasteiger partial charge < -0.3 is 9.84 Å². The van der Waals surface area contributed by atoms with Crippen LogP contribution in [-0.4, -0.2) is 24.3 Å². The number of ether oxygens (including phenoxy) is 1. The van der Waals surface area contributed by atoms with Crippen molar-refractivity contribution in [2.45, 2.75) is 13.3 Å². The molecule has 1 N–H and O–H groups in total. The third-order valence-electron chi connectivity index (χ3n) is 2.30. The summed E-state index contributed by atoms with van der Waals surface area (Å²) in [7, 11) is 0. The van der Waals surface area contributed by atoms with E-state index in [1.807, 2.05) is 25.1 Å². The van der Waals surface area contributed by atoms with Crippen LogP contribution in [0, 0.1) is 5.92 Å². The van der Waals surface area contributed by atoms with Crippen LogP contribution in [0.25, 0.3) is 0 Å². The molecule has 0 saturated heterocycles. The van der Waals surface area contributed by atoms with Crippen LogP contribution >= 0.6 is 11.6 Å². The lowest BCUT2D eigenvalue weighted by Gasteiger charge is -2.12. The van der Waals surface area contributed by atoms with E-state index >= 15 is 0 Å². The molecule has 1 unspecified atom stereocenters. The molecule has 1 aromatic rings. The van der Waals surface area contributed by atoms with Gasteiger partial charge in [-0.1, -0.05) is 29.8 Å². The van der Waals surface area contributed by atoms with E-state index in [9.17, 15) is 4.79 Å². The molecule has 0 amide bonds. The molecule has 1 rings (SSSR count). The number of carboxylic acid groups (broad SMARTS) is 1. The highest BCUT2D eigenvalue weighted by Crippen LogP contribution is 2.19. The summed E-state index contributed by atoms with van der Waals surface area (Å²) in [4.78, 5) is 11.0. The van der Waals surface area contributed by atoms with Crippen LogP contribution < -0.4 is 0 Å². The first kappa shape index (κ1) is 13.0. The van der Waals surface area contributed by atoms with E-state index in [0.29, 0.717) is 18.1 Å². The number of aliphatic carboxylic acids is 1. The minimum absolute atomic E-state index is 0.219. The average Bonchev–Trinajstić information content (AvgIpc) is 2.26. The Kier molecular flexibility index (Phi) is 5.29. The van der Waals surface area contributed by atoms with Crippen molar-refractivity contribution in [3.05, 3.63) is 34.9 Å². The number of halogens is 1. The largest absolute Gasteiger partial charge is 0.481 e. The van der Waals surface area contributed by atoms with Gasteiger partial charge in [-0.2, -0.15) is 0 Å². The quantitative estimate of drug-likeness (QED) is 0.834. The Labute approximate surface area is 100.0 Å². The number of hydrogen-bond acceptors (Lipinski definition) is 2. The predicted molar refractivity (Wildman–Crippen MR) is 62.8 cm³/mol. The van der Waals surface area contributed by atoms with E-state index in [1.165, 1.54) is 0 Å². The summed E-state index contributed by atoms with van der Waals surface area (Å²) in [5.74, 6) is -1.40. The number of carboxylic acids is 1. The zero-order valence-electron chi connectivity index (χ0n) is 9.15. The van der Waals surface area contributed by atoms with Gasteiger partial charge in [0, 0.05) is 11.6 Å². The van der Waals surface area contributed by atoms with Crippen molar-refractivity contribution in [3.63, 3.8) is 0 Å². The van der Waals surface area contributed by atoms with Crippen molar-refractivity contribution in [1.82, 2.24) is 0 Å². The maximum atomic E-state index is 11.0. The van der Waals surface area contributed by atoms with Gasteiger partial charge in [-0.15, -0.1) is 0 Å². The number of carbonyl (C=O) groups is 1. The zero-order chi connectivity index (χ0) is 12.0. The van der Waals surface area contributed by atoms with Gasteiger partial charge in [0.1, 0.15) is 0 Å². The molecule has 0 aliphatic rings. The van der Waals surface area contributed by atoms with Gasteiger partial charge in [-0.25, -0.2) is 0 Å². The van der Waals surface area contributed by atoms with Gasteiger partial charge in [0.25, 0.3) is 0 Å². The number of rotatable bonds is 6. The monoisotopic (exact) mass is 242 g/mol. The van der Waals surface area contributed by atoms with Crippen molar-refractivity contribution in [1.29, 1.82) is 0 Å². The molecule has 0 spiro atoms. The molecule has 0 fully saturated rings. The summed E-state index contributed by atoms with van der Waals surface area (Å²) in [5.41, 5.74) is 0.844. The van der Waals surface area contributed by atoms with Crippen LogP contribution in [-0.2, 0) is 16.0 Å². The highest BCUT2D eigenvalue weighted by molar-refractivity contribution is 6.31. The average molecular weight is 243 g/mol. The first-order valence-electron chi connectivity index (χ1n) is 5.19. The summed E-state index contributed by atoms with van der Waals surface area (Å²) in [6.45, 7) is 2.58. The van der Waals surface area contributed by atoms with Crippen molar-refractivity contribution < 1.29 is 14.6 Å². The second-order valence-corrected chi connectivity index (χ2v) is 3.90. The molecule has 0 radical (unpaired) electrons. The lowest BCUT2D eigenvalue weighted by atomic mass is 10.0. The van der Waals surface area contributed by atoms with E-state index in [2.05, 4.69) is 0 Å². The topological polar surface area (TPSA) is 46.5 Å². The predicted octanol–water partition coefficient (Wildman–Crippen LogP) is 2.62. The fourth-order valence-corrected chi connectivity index (χ4v) is 1.62. The summed E-state index contributed by atoms with van der Waals surface area (Å²) in [6, 6.07) is 7.27. The molecule has 4 heteroatoms. The van der Waals surface area contributed by atoms with Crippen LogP contribution in [0.15, 0.2) is 24.3 Å². The Hall–Kier alpha value is -1.06. The smallest absolute Gasteiger partial charge is 0.309 e. The van der Waals surface area contributed by atoms with E-state index < -0.39 is 11.9 Å². The molecule has 0 aliphatic heterocycles. The molecule has 0 aliphatic carbocycles. The third kappa shape index (κ3) is 3.83. The molecule has 3 nitrogen and oxygen atoms in total.